The van der Waals surface area contributed by atoms with Crippen LogP contribution in [0.3, 0.4) is 0 Å². The van der Waals surface area contributed by atoms with Crippen LogP contribution in [-0.2, 0) is 16.8 Å². The van der Waals surface area contributed by atoms with Crippen LogP contribution in [-0.4, -0.2) is 6.10 Å². The minimum atomic E-state index is 0.0951. The molecule has 0 aliphatic heterocycles. The summed E-state index contributed by atoms with van der Waals surface area (Å²) in [6.45, 7) is 7.15. The molecule has 0 N–H and O–H groups in total. The molecule has 2 nitrogen and oxygen atoms in total. The summed E-state index contributed by atoms with van der Waals surface area (Å²) in [5.74, 6) is 1.03. The van der Waals surface area contributed by atoms with Gasteiger partial charge in [0, 0.05) is 11.0 Å². The first-order valence-electron chi connectivity index (χ1n) is 5.25. The van der Waals surface area contributed by atoms with Crippen LogP contribution in [0.4, 0.5) is 0 Å². The minimum Gasteiger partial charge on any atom is -0.468 e. The first kappa shape index (κ1) is 9.78. The summed E-state index contributed by atoms with van der Waals surface area (Å²) in [7, 11) is 0. The molecule has 0 saturated heterocycles. The highest BCUT2D eigenvalue weighted by atomic mass is 16.5. The number of hydrogen-bond acceptors (Lipinski definition) is 2. The fourth-order valence-corrected chi connectivity index (χ4v) is 1.29. The van der Waals surface area contributed by atoms with E-state index in [-0.39, 0.29) is 5.41 Å². The molecular weight excluding hydrogens is 176 g/mol. The maximum absolute atomic E-state index is 5.60. The summed E-state index contributed by atoms with van der Waals surface area (Å²) >= 11 is 0. The van der Waals surface area contributed by atoms with Crippen molar-refractivity contribution in [2.75, 3.05) is 0 Å². The van der Waals surface area contributed by atoms with Crippen LogP contribution >= 0.6 is 0 Å². The van der Waals surface area contributed by atoms with E-state index in [4.69, 9.17) is 9.15 Å². The van der Waals surface area contributed by atoms with Crippen LogP contribution < -0.4 is 0 Å². The van der Waals surface area contributed by atoms with Gasteiger partial charge in [-0.15, -0.1) is 0 Å². The Labute approximate surface area is 85.3 Å². The molecule has 1 saturated carbocycles. The lowest BCUT2D eigenvalue weighted by atomic mass is 9.93. The molecule has 14 heavy (non-hydrogen) atoms. The second-order valence-corrected chi connectivity index (χ2v) is 5.08. The summed E-state index contributed by atoms with van der Waals surface area (Å²) in [5.41, 5.74) is 1.25. The zero-order valence-corrected chi connectivity index (χ0v) is 9.17. The van der Waals surface area contributed by atoms with Gasteiger partial charge in [0.25, 0.3) is 0 Å². The van der Waals surface area contributed by atoms with Crippen molar-refractivity contribution < 1.29 is 9.15 Å². The monoisotopic (exact) mass is 194 g/mol. The predicted molar refractivity (Wildman–Crippen MR) is 55.2 cm³/mol. The zero-order chi connectivity index (χ0) is 10.2. The second kappa shape index (κ2) is 3.43. The standard InChI is InChI=1S/C12H18O2/c1-12(2,3)11-6-9(8-14-11)7-13-10-4-5-10/h6,8,10H,4-5,7H2,1-3H3. The molecule has 2 rings (SSSR count). The number of rotatable bonds is 3. The Hall–Kier alpha value is -0.760. The van der Waals surface area contributed by atoms with Crippen molar-refractivity contribution >= 4 is 0 Å². The lowest BCUT2D eigenvalue weighted by Crippen LogP contribution is -2.09. The Bertz CT molecular complexity index is 302. The van der Waals surface area contributed by atoms with E-state index in [1.807, 2.05) is 6.26 Å². The summed E-state index contributed by atoms with van der Waals surface area (Å²) < 4.78 is 11.1. The third-order valence-electron chi connectivity index (χ3n) is 2.40. The average Bonchev–Trinajstić information content (AvgIpc) is 2.77. The molecule has 1 aromatic heterocycles. The van der Waals surface area contributed by atoms with E-state index in [1.165, 1.54) is 12.8 Å². The molecular formula is C12H18O2. The van der Waals surface area contributed by atoms with Gasteiger partial charge in [-0.3, -0.25) is 0 Å². The summed E-state index contributed by atoms with van der Waals surface area (Å²) in [6.07, 6.45) is 4.78. The van der Waals surface area contributed by atoms with Gasteiger partial charge < -0.3 is 9.15 Å². The molecule has 1 aliphatic rings. The van der Waals surface area contributed by atoms with E-state index in [0.29, 0.717) is 12.7 Å². The van der Waals surface area contributed by atoms with Crippen molar-refractivity contribution in [1.82, 2.24) is 0 Å². The first-order valence-corrected chi connectivity index (χ1v) is 5.25. The van der Waals surface area contributed by atoms with E-state index in [9.17, 15) is 0 Å². The molecule has 0 spiro atoms. The van der Waals surface area contributed by atoms with Crippen molar-refractivity contribution in [2.45, 2.75) is 51.7 Å². The Balaban J connectivity index is 1.94. The van der Waals surface area contributed by atoms with Crippen molar-refractivity contribution in [1.29, 1.82) is 0 Å². The van der Waals surface area contributed by atoms with E-state index < -0.39 is 0 Å². The molecule has 1 aliphatic carbocycles. The van der Waals surface area contributed by atoms with Crippen molar-refractivity contribution in [3.05, 3.63) is 23.7 Å². The molecule has 78 valence electrons. The van der Waals surface area contributed by atoms with Gasteiger partial charge in [-0.2, -0.15) is 0 Å². The predicted octanol–water partition coefficient (Wildman–Crippen LogP) is 3.26. The van der Waals surface area contributed by atoms with Gasteiger partial charge in [-0.05, 0) is 18.9 Å². The Morgan fingerprint density at radius 2 is 2.14 bits per heavy atom. The molecule has 0 bridgehead atoms. The van der Waals surface area contributed by atoms with Gasteiger partial charge in [-0.25, -0.2) is 0 Å². The minimum absolute atomic E-state index is 0.0951. The highest BCUT2D eigenvalue weighted by Crippen LogP contribution is 2.27. The van der Waals surface area contributed by atoms with Crippen LogP contribution in [0.1, 0.15) is 44.9 Å². The van der Waals surface area contributed by atoms with Gasteiger partial charge in [0.15, 0.2) is 0 Å². The van der Waals surface area contributed by atoms with E-state index >= 15 is 0 Å². The lowest BCUT2D eigenvalue weighted by Gasteiger charge is -2.13. The highest BCUT2D eigenvalue weighted by molar-refractivity contribution is 5.17. The quantitative estimate of drug-likeness (QED) is 0.737. The molecule has 1 heterocycles. The fraction of sp³-hybridized carbons (Fsp3) is 0.667. The second-order valence-electron chi connectivity index (χ2n) is 5.08. The van der Waals surface area contributed by atoms with Gasteiger partial charge in [-0.1, -0.05) is 20.8 Å². The summed E-state index contributed by atoms with van der Waals surface area (Å²) in [5, 5.41) is 0. The molecule has 1 fully saturated rings. The van der Waals surface area contributed by atoms with Crippen LogP contribution in [0.2, 0.25) is 0 Å². The molecule has 0 atom stereocenters. The van der Waals surface area contributed by atoms with E-state index in [2.05, 4.69) is 26.8 Å². The van der Waals surface area contributed by atoms with Crippen LogP contribution in [0.25, 0.3) is 0 Å². The maximum atomic E-state index is 5.60. The SMILES string of the molecule is CC(C)(C)c1cc(COC2CC2)co1. The van der Waals surface area contributed by atoms with E-state index in [0.717, 1.165) is 11.3 Å². The number of ether oxygens (including phenoxy) is 1. The molecule has 0 radical (unpaired) electrons. The van der Waals surface area contributed by atoms with Crippen LogP contribution in [0.15, 0.2) is 16.7 Å². The zero-order valence-electron chi connectivity index (χ0n) is 9.17. The topological polar surface area (TPSA) is 22.4 Å². The normalized spacial score (nSPS) is 17.4. The highest BCUT2D eigenvalue weighted by Gasteiger charge is 2.23. The third-order valence-corrected chi connectivity index (χ3v) is 2.40. The smallest absolute Gasteiger partial charge is 0.109 e. The van der Waals surface area contributed by atoms with Crippen molar-refractivity contribution in [2.24, 2.45) is 0 Å². The first-order chi connectivity index (χ1) is 6.55. The number of hydrogen-bond donors (Lipinski definition) is 0. The van der Waals surface area contributed by atoms with Crippen molar-refractivity contribution in [3.63, 3.8) is 0 Å². The Morgan fingerprint density at radius 3 is 2.64 bits per heavy atom. The van der Waals surface area contributed by atoms with E-state index in [1.54, 1.807) is 0 Å². The average molecular weight is 194 g/mol. The molecule has 0 aromatic carbocycles. The Morgan fingerprint density at radius 1 is 1.43 bits per heavy atom. The van der Waals surface area contributed by atoms with Crippen LogP contribution in [0.5, 0.6) is 0 Å². The molecule has 0 unspecified atom stereocenters. The summed E-state index contributed by atoms with van der Waals surface area (Å²) in [4.78, 5) is 0. The molecule has 2 heteroatoms. The number of furan rings is 1. The Kier molecular flexibility index (Phi) is 2.40. The third kappa shape index (κ3) is 2.38. The van der Waals surface area contributed by atoms with Gasteiger partial charge in [0.2, 0.25) is 0 Å². The lowest BCUT2D eigenvalue weighted by molar-refractivity contribution is 0.105. The van der Waals surface area contributed by atoms with Gasteiger partial charge in [0.1, 0.15) is 5.76 Å². The largest absolute Gasteiger partial charge is 0.468 e. The van der Waals surface area contributed by atoms with Gasteiger partial charge in [0.05, 0.1) is 19.0 Å². The van der Waals surface area contributed by atoms with Crippen LogP contribution in [0, 0.1) is 0 Å². The summed E-state index contributed by atoms with van der Waals surface area (Å²) in [6, 6.07) is 2.10. The maximum Gasteiger partial charge on any atom is 0.109 e. The van der Waals surface area contributed by atoms with Gasteiger partial charge >= 0.3 is 0 Å². The fourth-order valence-electron chi connectivity index (χ4n) is 1.29. The van der Waals surface area contributed by atoms with Crippen molar-refractivity contribution in [3.8, 4) is 0 Å². The molecule has 0 amide bonds. The molecule has 1 aromatic rings.